The molecule has 0 saturated heterocycles. The van der Waals surface area contributed by atoms with Crippen molar-refractivity contribution in [3.05, 3.63) is 34.1 Å². The number of ether oxygens (including phenoxy) is 1. The molecule has 0 heterocycles. The van der Waals surface area contributed by atoms with Crippen molar-refractivity contribution in [2.75, 3.05) is 7.11 Å². The van der Waals surface area contributed by atoms with E-state index in [1.165, 1.54) is 18.6 Å². The molecule has 0 bridgehead atoms. The summed E-state index contributed by atoms with van der Waals surface area (Å²) in [6, 6.07) is 5.21. The zero-order valence-electron chi connectivity index (χ0n) is 9.88. The van der Waals surface area contributed by atoms with Gasteiger partial charge in [-0.05, 0) is 37.0 Å². The monoisotopic (exact) mass is 301 g/mol. The third kappa shape index (κ3) is 3.27. The molecule has 0 radical (unpaired) electrons. The number of methoxy groups -OCH3 is 1. The van der Waals surface area contributed by atoms with Gasteiger partial charge in [-0.1, -0.05) is 22.0 Å². The number of nitrogens with one attached hydrogen (secondary N) is 1. The molecule has 0 aromatic heterocycles. The fourth-order valence-corrected chi connectivity index (χ4v) is 2.84. The lowest BCUT2D eigenvalue weighted by molar-refractivity contribution is 0.0847. The Kier molecular flexibility index (Phi) is 4.54. The summed E-state index contributed by atoms with van der Waals surface area (Å²) < 4.78 is 19.2. The largest absolute Gasteiger partial charge is 0.380 e. The summed E-state index contributed by atoms with van der Waals surface area (Å²) in [5.74, 6) is -0.212. The van der Waals surface area contributed by atoms with E-state index in [-0.39, 0.29) is 5.82 Å². The first-order valence-corrected chi connectivity index (χ1v) is 6.70. The SMILES string of the molecule is COC1CCCC1NCc1ccc(F)cc1Br. The Morgan fingerprint density at radius 3 is 3.00 bits per heavy atom. The van der Waals surface area contributed by atoms with Crippen LogP contribution in [0.4, 0.5) is 4.39 Å². The maximum Gasteiger partial charge on any atom is 0.124 e. The molecular formula is C13H17BrFNO. The van der Waals surface area contributed by atoms with Crippen LogP contribution < -0.4 is 5.32 Å². The van der Waals surface area contributed by atoms with Crippen LogP contribution in [0.15, 0.2) is 22.7 Å². The molecule has 1 saturated carbocycles. The van der Waals surface area contributed by atoms with Crippen LogP contribution in [-0.4, -0.2) is 19.3 Å². The summed E-state index contributed by atoms with van der Waals surface area (Å²) in [7, 11) is 1.76. The van der Waals surface area contributed by atoms with E-state index < -0.39 is 0 Å². The lowest BCUT2D eigenvalue weighted by Gasteiger charge is -2.20. The van der Waals surface area contributed by atoms with Gasteiger partial charge in [-0.2, -0.15) is 0 Å². The first-order valence-electron chi connectivity index (χ1n) is 5.91. The number of hydrogen-bond donors (Lipinski definition) is 1. The molecule has 0 aliphatic heterocycles. The predicted molar refractivity (Wildman–Crippen MR) is 69.4 cm³/mol. The molecule has 2 rings (SSSR count). The summed E-state index contributed by atoms with van der Waals surface area (Å²) in [4.78, 5) is 0. The van der Waals surface area contributed by atoms with Gasteiger partial charge in [0.25, 0.3) is 0 Å². The fourth-order valence-electron chi connectivity index (χ4n) is 2.35. The second-order valence-corrected chi connectivity index (χ2v) is 5.28. The van der Waals surface area contributed by atoms with Crippen LogP contribution in [0.3, 0.4) is 0 Å². The van der Waals surface area contributed by atoms with Gasteiger partial charge in [0.2, 0.25) is 0 Å². The van der Waals surface area contributed by atoms with E-state index in [0.29, 0.717) is 12.1 Å². The first-order chi connectivity index (χ1) is 8.20. The number of hydrogen-bond acceptors (Lipinski definition) is 2. The minimum absolute atomic E-state index is 0.212. The normalized spacial score (nSPS) is 24.2. The van der Waals surface area contributed by atoms with Crippen LogP contribution >= 0.6 is 15.9 Å². The highest BCUT2D eigenvalue weighted by molar-refractivity contribution is 9.10. The number of benzene rings is 1. The predicted octanol–water partition coefficient (Wildman–Crippen LogP) is 3.25. The van der Waals surface area contributed by atoms with E-state index in [1.807, 2.05) is 6.07 Å². The molecule has 0 spiro atoms. The molecule has 2 atom stereocenters. The van der Waals surface area contributed by atoms with Gasteiger partial charge in [-0.25, -0.2) is 4.39 Å². The summed E-state index contributed by atoms with van der Waals surface area (Å²) in [5, 5.41) is 3.48. The van der Waals surface area contributed by atoms with E-state index in [9.17, 15) is 4.39 Å². The second-order valence-electron chi connectivity index (χ2n) is 4.43. The van der Waals surface area contributed by atoms with Crippen molar-refractivity contribution in [2.24, 2.45) is 0 Å². The molecule has 1 aromatic carbocycles. The lowest BCUT2D eigenvalue weighted by Crippen LogP contribution is -2.36. The highest BCUT2D eigenvalue weighted by atomic mass is 79.9. The zero-order chi connectivity index (χ0) is 12.3. The van der Waals surface area contributed by atoms with Crippen LogP contribution in [0.25, 0.3) is 0 Å². The van der Waals surface area contributed by atoms with E-state index in [2.05, 4.69) is 21.2 Å². The van der Waals surface area contributed by atoms with Crippen LogP contribution in [0.2, 0.25) is 0 Å². The molecule has 1 aliphatic carbocycles. The summed E-state index contributed by atoms with van der Waals surface area (Å²) in [6.07, 6.45) is 3.80. The molecule has 2 unspecified atom stereocenters. The van der Waals surface area contributed by atoms with Crippen LogP contribution in [0, 0.1) is 5.82 Å². The van der Waals surface area contributed by atoms with Crippen molar-refractivity contribution in [2.45, 2.75) is 38.0 Å². The Hall–Kier alpha value is -0.450. The van der Waals surface area contributed by atoms with Crippen molar-refractivity contribution in [1.29, 1.82) is 0 Å². The Bertz CT molecular complexity index is 386. The van der Waals surface area contributed by atoms with E-state index in [0.717, 1.165) is 29.4 Å². The number of halogens is 2. The average Bonchev–Trinajstić information content (AvgIpc) is 2.75. The van der Waals surface area contributed by atoms with Crippen LogP contribution in [-0.2, 0) is 11.3 Å². The van der Waals surface area contributed by atoms with Gasteiger partial charge in [-0.15, -0.1) is 0 Å². The molecule has 4 heteroatoms. The van der Waals surface area contributed by atoms with Gasteiger partial charge >= 0.3 is 0 Å². The van der Waals surface area contributed by atoms with Crippen LogP contribution in [0.1, 0.15) is 24.8 Å². The van der Waals surface area contributed by atoms with Gasteiger partial charge < -0.3 is 10.1 Å². The Balaban J connectivity index is 1.93. The Morgan fingerprint density at radius 1 is 1.47 bits per heavy atom. The highest BCUT2D eigenvalue weighted by Crippen LogP contribution is 2.23. The minimum Gasteiger partial charge on any atom is -0.380 e. The van der Waals surface area contributed by atoms with Gasteiger partial charge in [0.1, 0.15) is 5.82 Å². The van der Waals surface area contributed by atoms with E-state index in [1.54, 1.807) is 7.11 Å². The maximum atomic E-state index is 12.9. The first kappa shape index (κ1) is 13.0. The maximum absolute atomic E-state index is 12.9. The zero-order valence-corrected chi connectivity index (χ0v) is 11.5. The van der Waals surface area contributed by atoms with Gasteiger partial charge in [0.05, 0.1) is 6.10 Å². The van der Waals surface area contributed by atoms with Crippen molar-refractivity contribution in [3.63, 3.8) is 0 Å². The molecular weight excluding hydrogens is 285 g/mol. The second kappa shape index (κ2) is 5.94. The lowest BCUT2D eigenvalue weighted by atomic mass is 10.1. The summed E-state index contributed by atoms with van der Waals surface area (Å²) in [6.45, 7) is 0.741. The third-order valence-electron chi connectivity index (χ3n) is 3.33. The quantitative estimate of drug-likeness (QED) is 0.922. The number of rotatable bonds is 4. The van der Waals surface area contributed by atoms with Crippen molar-refractivity contribution in [3.8, 4) is 0 Å². The molecule has 1 aromatic rings. The molecule has 1 aliphatic rings. The highest BCUT2D eigenvalue weighted by Gasteiger charge is 2.26. The van der Waals surface area contributed by atoms with E-state index in [4.69, 9.17) is 4.74 Å². The van der Waals surface area contributed by atoms with Crippen molar-refractivity contribution >= 4 is 15.9 Å². The summed E-state index contributed by atoms with van der Waals surface area (Å²) >= 11 is 3.38. The van der Waals surface area contributed by atoms with Gasteiger partial charge in [0.15, 0.2) is 0 Å². The Labute approximate surface area is 110 Å². The van der Waals surface area contributed by atoms with Gasteiger partial charge in [-0.3, -0.25) is 0 Å². The smallest absolute Gasteiger partial charge is 0.124 e. The van der Waals surface area contributed by atoms with Crippen molar-refractivity contribution in [1.82, 2.24) is 5.32 Å². The summed E-state index contributed by atoms with van der Waals surface area (Å²) in [5.41, 5.74) is 1.08. The van der Waals surface area contributed by atoms with Crippen molar-refractivity contribution < 1.29 is 9.13 Å². The topological polar surface area (TPSA) is 21.3 Å². The molecule has 0 amide bonds. The molecule has 2 nitrogen and oxygen atoms in total. The molecule has 1 N–H and O–H groups in total. The van der Waals surface area contributed by atoms with E-state index >= 15 is 0 Å². The minimum atomic E-state index is -0.212. The standard InChI is InChI=1S/C13H17BrFNO/c1-17-13-4-2-3-12(13)16-8-9-5-6-10(15)7-11(9)14/h5-7,12-13,16H,2-4,8H2,1H3. The van der Waals surface area contributed by atoms with Gasteiger partial charge in [0, 0.05) is 24.2 Å². The third-order valence-corrected chi connectivity index (χ3v) is 4.06. The van der Waals surface area contributed by atoms with Crippen LogP contribution in [0.5, 0.6) is 0 Å². The molecule has 1 fully saturated rings. The Morgan fingerprint density at radius 2 is 2.29 bits per heavy atom. The average molecular weight is 302 g/mol. The molecule has 94 valence electrons. The molecule has 17 heavy (non-hydrogen) atoms. The fraction of sp³-hybridized carbons (Fsp3) is 0.538.